The van der Waals surface area contributed by atoms with Crippen LogP contribution in [0.2, 0.25) is 10.0 Å². The Labute approximate surface area is 117 Å². The maximum atomic E-state index is 11.6. The molecule has 0 fully saturated rings. The van der Waals surface area contributed by atoms with Crippen LogP contribution in [0.1, 0.15) is 13.8 Å². The quantitative estimate of drug-likeness (QED) is 0.730. The molecule has 1 rings (SSSR count). The van der Waals surface area contributed by atoms with Crippen molar-refractivity contribution in [3.8, 4) is 0 Å². The number of benzene rings is 1. The van der Waals surface area contributed by atoms with E-state index in [0.717, 1.165) is 0 Å². The van der Waals surface area contributed by atoms with Crippen molar-refractivity contribution < 1.29 is 4.79 Å². The summed E-state index contributed by atoms with van der Waals surface area (Å²) in [5, 5.41) is 9.54. The summed E-state index contributed by atoms with van der Waals surface area (Å²) in [5.74, 6) is 0. The number of anilines is 1. The predicted molar refractivity (Wildman–Crippen MR) is 76.6 cm³/mol. The van der Waals surface area contributed by atoms with Crippen LogP contribution in [-0.2, 0) is 0 Å². The number of carbonyl (C=O) groups excluding carboxylic acids is 1. The van der Waals surface area contributed by atoms with Crippen LogP contribution in [0.15, 0.2) is 18.2 Å². The number of carbonyl (C=O) groups is 1. The maximum absolute atomic E-state index is 11.6. The SMILES string of the molecule is CC(C)NCCNC(=O)Nc1cc(Cl)ccc1Cl. The minimum atomic E-state index is -0.301. The fourth-order valence-electron chi connectivity index (χ4n) is 1.30. The molecule has 0 saturated carbocycles. The summed E-state index contributed by atoms with van der Waals surface area (Å²) in [6.07, 6.45) is 0. The van der Waals surface area contributed by atoms with Gasteiger partial charge in [0.1, 0.15) is 0 Å². The molecule has 0 aliphatic carbocycles. The third-order valence-corrected chi connectivity index (χ3v) is 2.70. The van der Waals surface area contributed by atoms with Crippen LogP contribution in [0.5, 0.6) is 0 Å². The van der Waals surface area contributed by atoms with E-state index in [4.69, 9.17) is 23.2 Å². The zero-order chi connectivity index (χ0) is 13.5. The lowest BCUT2D eigenvalue weighted by Gasteiger charge is -2.11. The van der Waals surface area contributed by atoms with E-state index in [1.165, 1.54) is 0 Å². The second kappa shape index (κ2) is 7.46. The highest BCUT2D eigenvalue weighted by atomic mass is 35.5. The molecule has 3 N–H and O–H groups in total. The van der Waals surface area contributed by atoms with Crippen molar-refractivity contribution in [2.45, 2.75) is 19.9 Å². The van der Waals surface area contributed by atoms with Crippen LogP contribution in [0.3, 0.4) is 0 Å². The van der Waals surface area contributed by atoms with Gasteiger partial charge in [0, 0.05) is 24.2 Å². The standard InChI is InChI=1S/C12H17Cl2N3O/c1-8(2)15-5-6-16-12(18)17-11-7-9(13)3-4-10(11)14/h3-4,7-8,15H,5-6H2,1-2H3,(H2,16,17,18). The molecular weight excluding hydrogens is 273 g/mol. The minimum absolute atomic E-state index is 0.301. The fourth-order valence-corrected chi connectivity index (χ4v) is 1.63. The molecule has 0 spiro atoms. The van der Waals surface area contributed by atoms with E-state index in [0.29, 0.717) is 34.9 Å². The average Bonchev–Trinajstić information content (AvgIpc) is 2.29. The Morgan fingerprint density at radius 2 is 2.00 bits per heavy atom. The fraction of sp³-hybridized carbons (Fsp3) is 0.417. The maximum Gasteiger partial charge on any atom is 0.319 e. The third kappa shape index (κ3) is 5.58. The van der Waals surface area contributed by atoms with Gasteiger partial charge in [-0.3, -0.25) is 0 Å². The van der Waals surface area contributed by atoms with E-state index in [1.54, 1.807) is 18.2 Å². The van der Waals surface area contributed by atoms with Crippen molar-refractivity contribution in [3.05, 3.63) is 28.2 Å². The molecule has 0 radical (unpaired) electrons. The van der Waals surface area contributed by atoms with Gasteiger partial charge in [0.05, 0.1) is 10.7 Å². The number of halogens is 2. The first-order valence-electron chi connectivity index (χ1n) is 5.72. The molecule has 0 aliphatic heterocycles. The summed E-state index contributed by atoms with van der Waals surface area (Å²) in [4.78, 5) is 11.6. The second-order valence-corrected chi connectivity index (χ2v) is 4.96. The summed E-state index contributed by atoms with van der Waals surface area (Å²) in [7, 11) is 0. The second-order valence-electron chi connectivity index (χ2n) is 4.11. The van der Waals surface area contributed by atoms with Crippen LogP contribution in [0.25, 0.3) is 0 Å². The molecular formula is C12H17Cl2N3O. The summed E-state index contributed by atoms with van der Waals surface area (Å²) in [6, 6.07) is 5.01. The van der Waals surface area contributed by atoms with Gasteiger partial charge in [-0.1, -0.05) is 37.0 Å². The van der Waals surface area contributed by atoms with Crippen molar-refractivity contribution in [1.82, 2.24) is 10.6 Å². The molecule has 2 amide bonds. The van der Waals surface area contributed by atoms with Gasteiger partial charge in [-0.2, -0.15) is 0 Å². The zero-order valence-corrected chi connectivity index (χ0v) is 11.9. The monoisotopic (exact) mass is 289 g/mol. The van der Waals surface area contributed by atoms with E-state index in [2.05, 4.69) is 16.0 Å². The summed E-state index contributed by atoms with van der Waals surface area (Å²) >= 11 is 11.8. The number of hydrogen-bond acceptors (Lipinski definition) is 2. The molecule has 0 unspecified atom stereocenters. The lowest BCUT2D eigenvalue weighted by Crippen LogP contribution is -2.36. The molecule has 0 aliphatic rings. The lowest BCUT2D eigenvalue weighted by molar-refractivity contribution is 0.252. The number of urea groups is 1. The van der Waals surface area contributed by atoms with Crippen molar-refractivity contribution in [1.29, 1.82) is 0 Å². The van der Waals surface area contributed by atoms with Crippen LogP contribution < -0.4 is 16.0 Å². The smallest absolute Gasteiger partial charge is 0.319 e. The van der Waals surface area contributed by atoms with Gasteiger partial charge >= 0.3 is 6.03 Å². The Morgan fingerprint density at radius 1 is 1.28 bits per heavy atom. The molecule has 0 bridgehead atoms. The Morgan fingerprint density at radius 3 is 2.67 bits per heavy atom. The first kappa shape index (κ1) is 15.1. The van der Waals surface area contributed by atoms with Crippen molar-refractivity contribution in [2.24, 2.45) is 0 Å². The summed E-state index contributed by atoms with van der Waals surface area (Å²) < 4.78 is 0. The van der Waals surface area contributed by atoms with Gasteiger partial charge < -0.3 is 16.0 Å². The minimum Gasteiger partial charge on any atom is -0.337 e. The van der Waals surface area contributed by atoms with E-state index < -0.39 is 0 Å². The molecule has 4 nitrogen and oxygen atoms in total. The van der Waals surface area contributed by atoms with Gasteiger partial charge in [0.25, 0.3) is 0 Å². The molecule has 18 heavy (non-hydrogen) atoms. The summed E-state index contributed by atoms with van der Waals surface area (Å²) in [5.41, 5.74) is 0.499. The first-order valence-corrected chi connectivity index (χ1v) is 6.48. The molecule has 100 valence electrons. The highest BCUT2D eigenvalue weighted by Gasteiger charge is 2.05. The van der Waals surface area contributed by atoms with E-state index in [1.807, 2.05) is 13.8 Å². The highest BCUT2D eigenvalue weighted by Crippen LogP contribution is 2.25. The number of nitrogens with one attached hydrogen (secondary N) is 3. The predicted octanol–water partition coefficient (Wildman–Crippen LogP) is 3.11. The van der Waals surface area contributed by atoms with Gasteiger partial charge in [-0.15, -0.1) is 0 Å². The lowest BCUT2D eigenvalue weighted by atomic mass is 10.3. The molecule has 1 aromatic carbocycles. The Balaban J connectivity index is 2.38. The van der Waals surface area contributed by atoms with Crippen molar-refractivity contribution >= 4 is 34.9 Å². The van der Waals surface area contributed by atoms with Crippen LogP contribution in [0, 0.1) is 0 Å². The largest absolute Gasteiger partial charge is 0.337 e. The van der Waals surface area contributed by atoms with Gasteiger partial charge in [0.2, 0.25) is 0 Å². The third-order valence-electron chi connectivity index (χ3n) is 2.14. The van der Waals surface area contributed by atoms with Crippen molar-refractivity contribution in [3.63, 3.8) is 0 Å². The number of hydrogen-bond donors (Lipinski definition) is 3. The van der Waals surface area contributed by atoms with E-state index in [-0.39, 0.29) is 6.03 Å². The highest BCUT2D eigenvalue weighted by molar-refractivity contribution is 6.35. The Kier molecular flexibility index (Phi) is 6.25. The normalized spacial score (nSPS) is 10.5. The molecule has 6 heteroatoms. The van der Waals surface area contributed by atoms with Crippen LogP contribution in [0.4, 0.5) is 10.5 Å². The molecule has 0 heterocycles. The molecule has 0 atom stereocenters. The van der Waals surface area contributed by atoms with Crippen LogP contribution in [-0.4, -0.2) is 25.2 Å². The number of rotatable bonds is 5. The van der Waals surface area contributed by atoms with Gasteiger partial charge in [-0.05, 0) is 18.2 Å². The van der Waals surface area contributed by atoms with Crippen molar-refractivity contribution in [2.75, 3.05) is 18.4 Å². The Bertz CT molecular complexity index is 410. The van der Waals surface area contributed by atoms with Crippen LogP contribution >= 0.6 is 23.2 Å². The molecule has 0 aromatic heterocycles. The van der Waals surface area contributed by atoms with E-state index >= 15 is 0 Å². The topological polar surface area (TPSA) is 53.2 Å². The first-order chi connectivity index (χ1) is 8.49. The van der Waals surface area contributed by atoms with Gasteiger partial charge in [-0.25, -0.2) is 4.79 Å². The van der Waals surface area contributed by atoms with Gasteiger partial charge in [0.15, 0.2) is 0 Å². The average molecular weight is 290 g/mol. The molecule has 0 saturated heterocycles. The molecule has 1 aromatic rings. The van der Waals surface area contributed by atoms with E-state index in [9.17, 15) is 4.79 Å². The zero-order valence-electron chi connectivity index (χ0n) is 10.4. The number of amides is 2. The Hall–Kier alpha value is -0.970. The summed E-state index contributed by atoms with van der Waals surface area (Å²) in [6.45, 7) is 5.36.